The van der Waals surface area contributed by atoms with Gasteiger partial charge in [-0.05, 0) is 29.3 Å². The molecule has 0 unspecified atom stereocenters. The third-order valence-electron chi connectivity index (χ3n) is 3.87. The van der Waals surface area contributed by atoms with E-state index in [4.69, 9.17) is 9.47 Å². The van der Waals surface area contributed by atoms with Crippen LogP contribution in [0.1, 0.15) is 11.1 Å². The molecule has 4 nitrogen and oxygen atoms in total. The Labute approximate surface area is 142 Å². The number of amides is 1. The SMILES string of the molecule is O=C(/C=C/c1ccc(OCc2ccccc2)cc1)N1CCOCC1. The number of hydrogen-bond acceptors (Lipinski definition) is 3. The first-order valence-electron chi connectivity index (χ1n) is 8.13. The number of rotatable bonds is 5. The topological polar surface area (TPSA) is 38.8 Å². The van der Waals surface area contributed by atoms with Crippen LogP contribution in [-0.4, -0.2) is 37.1 Å². The lowest BCUT2D eigenvalue weighted by molar-refractivity contribution is -0.129. The van der Waals surface area contributed by atoms with Crippen molar-refractivity contribution in [1.82, 2.24) is 4.90 Å². The van der Waals surface area contributed by atoms with Gasteiger partial charge >= 0.3 is 0 Å². The van der Waals surface area contributed by atoms with Gasteiger partial charge in [-0.15, -0.1) is 0 Å². The Hall–Kier alpha value is -2.59. The summed E-state index contributed by atoms with van der Waals surface area (Å²) in [5.41, 5.74) is 2.11. The second kappa shape index (κ2) is 8.31. The quantitative estimate of drug-likeness (QED) is 0.794. The van der Waals surface area contributed by atoms with Crippen LogP contribution in [-0.2, 0) is 16.1 Å². The Balaban J connectivity index is 1.52. The van der Waals surface area contributed by atoms with Crippen molar-refractivity contribution in [3.63, 3.8) is 0 Å². The van der Waals surface area contributed by atoms with Crippen LogP contribution < -0.4 is 4.74 Å². The van der Waals surface area contributed by atoms with Crippen LogP contribution in [0.4, 0.5) is 0 Å². The van der Waals surface area contributed by atoms with Crippen molar-refractivity contribution in [2.45, 2.75) is 6.61 Å². The summed E-state index contributed by atoms with van der Waals surface area (Å²) in [6, 6.07) is 17.8. The molecule has 1 aliphatic rings. The maximum absolute atomic E-state index is 12.1. The predicted molar refractivity (Wildman–Crippen MR) is 93.6 cm³/mol. The summed E-state index contributed by atoms with van der Waals surface area (Å²) >= 11 is 0. The fourth-order valence-electron chi connectivity index (χ4n) is 2.47. The van der Waals surface area contributed by atoms with Crippen molar-refractivity contribution >= 4 is 12.0 Å². The minimum Gasteiger partial charge on any atom is -0.489 e. The van der Waals surface area contributed by atoms with E-state index in [1.807, 2.05) is 60.7 Å². The minimum atomic E-state index is 0.0303. The number of ether oxygens (including phenoxy) is 2. The van der Waals surface area contributed by atoms with Crippen molar-refractivity contribution in [1.29, 1.82) is 0 Å². The third-order valence-corrected chi connectivity index (χ3v) is 3.87. The fraction of sp³-hybridized carbons (Fsp3) is 0.250. The van der Waals surface area contributed by atoms with Crippen molar-refractivity contribution < 1.29 is 14.3 Å². The molecule has 1 amide bonds. The molecule has 1 aliphatic heterocycles. The van der Waals surface area contributed by atoms with E-state index in [2.05, 4.69) is 0 Å². The maximum atomic E-state index is 12.1. The molecule has 0 bridgehead atoms. The zero-order valence-electron chi connectivity index (χ0n) is 13.6. The van der Waals surface area contributed by atoms with Gasteiger partial charge in [0.2, 0.25) is 5.91 Å². The zero-order chi connectivity index (χ0) is 16.6. The molecular weight excluding hydrogens is 302 g/mol. The highest BCUT2D eigenvalue weighted by molar-refractivity contribution is 5.91. The molecule has 0 atom stereocenters. The summed E-state index contributed by atoms with van der Waals surface area (Å²) in [6.45, 7) is 3.11. The molecule has 1 heterocycles. The van der Waals surface area contributed by atoms with Gasteiger partial charge in [-0.2, -0.15) is 0 Å². The number of carbonyl (C=O) groups is 1. The molecule has 124 valence electrons. The molecular formula is C20H21NO3. The summed E-state index contributed by atoms with van der Waals surface area (Å²) in [6.07, 6.45) is 3.45. The molecule has 4 heteroatoms. The number of nitrogens with zero attached hydrogens (tertiary/aromatic N) is 1. The molecule has 24 heavy (non-hydrogen) atoms. The van der Waals surface area contributed by atoms with Crippen molar-refractivity contribution in [3.05, 3.63) is 71.8 Å². The van der Waals surface area contributed by atoms with E-state index in [1.54, 1.807) is 11.0 Å². The number of carbonyl (C=O) groups excluding carboxylic acids is 1. The normalized spacial score (nSPS) is 14.8. The highest BCUT2D eigenvalue weighted by atomic mass is 16.5. The highest BCUT2D eigenvalue weighted by Gasteiger charge is 2.13. The first-order chi connectivity index (χ1) is 11.8. The van der Waals surface area contributed by atoms with Crippen LogP contribution in [0.3, 0.4) is 0 Å². The van der Waals surface area contributed by atoms with Gasteiger partial charge in [-0.1, -0.05) is 42.5 Å². The molecule has 1 fully saturated rings. The second-order valence-corrected chi connectivity index (χ2v) is 5.61. The second-order valence-electron chi connectivity index (χ2n) is 5.61. The van der Waals surface area contributed by atoms with E-state index < -0.39 is 0 Å². The third kappa shape index (κ3) is 4.70. The Bertz CT molecular complexity index is 674. The average molecular weight is 323 g/mol. The van der Waals surface area contributed by atoms with Crippen molar-refractivity contribution in [2.75, 3.05) is 26.3 Å². The van der Waals surface area contributed by atoms with Crippen LogP contribution in [0.15, 0.2) is 60.7 Å². The van der Waals surface area contributed by atoms with Gasteiger partial charge in [-0.25, -0.2) is 0 Å². The van der Waals surface area contributed by atoms with E-state index in [9.17, 15) is 4.79 Å². The first kappa shape index (κ1) is 16.3. The van der Waals surface area contributed by atoms with Crippen LogP contribution in [0.25, 0.3) is 6.08 Å². The predicted octanol–water partition coefficient (Wildman–Crippen LogP) is 3.14. The fourth-order valence-corrected chi connectivity index (χ4v) is 2.47. The van der Waals surface area contributed by atoms with Gasteiger partial charge in [0.25, 0.3) is 0 Å². The summed E-state index contributed by atoms with van der Waals surface area (Å²) in [7, 11) is 0. The molecule has 0 radical (unpaired) electrons. The van der Waals surface area contributed by atoms with Crippen LogP contribution in [0, 0.1) is 0 Å². The lowest BCUT2D eigenvalue weighted by Gasteiger charge is -2.25. The van der Waals surface area contributed by atoms with E-state index in [0.29, 0.717) is 32.9 Å². The van der Waals surface area contributed by atoms with Crippen LogP contribution in [0.5, 0.6) is 5.75 Å². The molecule has 2 aromatic rings. The Kier molecular flexibility index (Phi) is 5.64. The van der Waals surface area contributed by atoms with E-state index >= 15 is 0 Å². The molecule has 0 spiro atoms. The standard InChI is InChI=1S/C20H21NO3/c22-20(21-12-14-23-15-13-21)11-8-17-6-9-19(10-7-17)24-16-18-4-2-1-3-5-18/h1-11H,12-16H2/b11-8+. The van der Waals surface area contributed by atoms with Crippen LogP contribution in [0.2, 0.25) is 0 Å². The molecule has 0 N–H and O–H groups in total. The lowest BCUT2D eigenvalue weighted by Crippen LogP contribution is -2.39. The van der Waals surface area contributed by atoms with Crippen LogP contribution >= 0.6 is 0 Å². The Morgan fingerprint density at radius 1 is 1.04 bits per heavy atom. The van der Waals surface area contributed by atoms with Gasteiger partial charge in [0.15, 0.2) is 0 Å². The summed E-state index contributed by atoms with van der Waals surface area (Å²) in [4.78, 5) is 13.9. The minimum absolute atomic E-state index is 0.0303. The Morgan fingerprint density at radius 3 is 2.46 bits per heavy atom. The number of morpholine rings is 1. The van der Waals surface area contributed by atoms with Gasteiger partial charge < -0.3 is 14.4 Å². The zero-order valence-corrected chi connectivity index (χ0v) is 13.6. The van der Waals surface area contributed by atoms with Gasteiger partial charge in [0, 0.05) is 19.2 Å². The van der Waals surface area contributed by atoms with E-state index in [1.165, 1.54) is 0 Å². The van der Waals surface area contributed by atoms with Crippen molar-refractivity contribution in [2.24, 2.45) is 0 Å². The molecule has 1 saturated heterocycles. The largest absolute Gasteiger partial charge is 0.489 e. The average Bonchev–Trinajstić information content (AvgIpc) is 2.67. The molecule has 2 aromatic carbocycles. The molecule has 3 rings (SSSR count). The van der Waals surface area contributed by atoms with Gasteiger partial charge in [-0.3, -0.25) is 4.79 Å². The summed E-state index contributed by atoms with van der Waals surface area (Å²) < 4.78 is 11.0. The van der Waals surface area contributed by atoms with Gasteiger partial charge in [0.1, 0.15) is 12.4 Å². The van der Waals surface area contributed by atoms with Crippen molar-refractivity contribution in [3.8, 4) is 5.75 Å². The molecule has 0 saturated carbocycles. The van der Waals surface area contributed by atoms with E-state index in [-0.39, 0.29) is 5.91 Å². The molecule has 0 aliphatic carbocycles. The lowest BCUT2D eigenvalue weighted by atomic mass is 10.2. The maximum Gasteiger partial charge on any atom is 0.246 e. The Morgan fingerprint density at radius 2 is 1.75 bits per heavy atom. The smallest absolute Gasteiger partial charge is 0.246 e. The number of benzene rings is 2. The summed E-state index contributed by atoms with van der Waals surface area (Å²) in [5.74, 6) is 0.846. The molecule has 0 aromatic heterocycles. The van der Waals surface area contributed by atoms with Gasteiger partial charge in [0.05, 0.1) is 13.2 Å². The highest BCUT2D eigenvalue weighted by Crippen LogP contribution is 2.15. The van der Waals surface area contributed by atoms with E-state index in [0.717, 1.165) is 16.9 Å². The monoisotopic (exact) mass is 323 g/mol. The number of hydrogen-bond donors (Lipinski definition) is 0. The summed E-state index contributed by atoms with van der Waals surface area (Å²) in [5, 5.41) is 0. The first-order valence-corrected chi connectivity index (χ1v) is 8.13.